The third kappa shape index (κ3) is 5.16. The molecule has 148 valence electrons. The van der Waals surface area contributed by atoms with Gasteiger partial charge >= 0.3 is 6.09 Å². The van der Waals surface area contributed by atoms with Crippen LogP contribution in [0.25, 0.3) is 10.9 Å². The van der Waals surface area contributed by atoms with E-state index in [0.717, 1.165) is 16.5 Å². The maximum Gasteiger partial charge on any atom is 0.408 e. The van der Waals surface area contributed by atoms with Crippen molar-refractivity contribution >= 4 is 22.9 Å². The Kier molecular flexibility index (Phi) is 5.73. The number of alkyl carbamates (subject to hydrolysis) is 1. The number of para-hydroxylation sites is 1. The lowest BCUT2D eigenvalue weighted by Gasteiger charge is -2.23. The second-order valence-corrected chi connectivity index (χ2v) is 7.56. The largest absolute Gasteiger partial charge is 0.467 e. The van der Waals surface area contributed by atoms with Crippen LogP contribution in [0.5, 0.6) is 0 Å². The molecule has 3 N–H and O–H groups in total. The van der Waals surface area contributed by atoms with Crippen molar-refractivity contribution < 1.29 is 18.7 Å². The molecule has 0 aliphatic heterocycles. The number of furan rings is 1. The number of hydrogen-bond donors (Lipinski definition) is 3. The van der Waals surface area contributed by atoms with Crippen LogP contribution in [0.2, 0.25) is 0 Å². The number of nitrogens with one attached hydrogen (secondary N) is 3. The highest BCUT2D eigenvalue weighted by Crippen LogP contribution is 2.19. The van der Waals surface area contributed by atoms with Crippen LogP contribution in [0, 0.1) is 0 Å². The van der Waals surface area contributed by atoms with Crippen molar-refractivity contribution in [1.29, 1.82) is 0 Å². The second-order valence-electron chi connectivity index (χ2n) is 7.56. The minimum absolute atomic E-state index is 0.242. The Morgan fingerprint density at radius 3 is 2.68 bits per heavy atom. The van der Waals surface area contributed by atoms with Gasteiger partial charge in [0.25, 0.3) is 0 Å². The Labute approximate surface area is 163 Å². The van der Waals surface area contributed by atoms with Gasteiger partial charge < -0.3 is 24.8 Å². The third-order valence-corrected chi connectivity index (χ3v) is 4.12. The molecule has 7 nitrogen and oxygen atoms in total. The molecule has 2 amide bonds. The highest BCUT2D eigenvalue weighted by molar-refractivity contribution is 5.88. The van der Waals surface area contributed by atoms with Crippen LogP contribution in [0.15, 0.2) is 53.3 Å². The summed E-state index contributed by atoms with van der Waals surface area (Å²) in [4.78, 5) is 28.2. The fourth-order valence-corrected chi connectivity index (χ4v) is 2.89. The highest BCUT2D eigenvalue weighted by Gasteiger charge is 2.25. The molecule has 1 aromatic carbocycles. The van der Waals surface area contributed by atoms with Crippen LogP contribution < -0.4 is 10.6 Å². The maximum atomic E-state index is 12.8. The Morgan fingerprint density at radius 1 is 1.18 bits per heavy atom. The van der Waals surface area contributed by atoms with Crippen LogP contribution in [-0.2, 0) is 22.5 Å². The summed E-state index contributed by atoms with van der Waals surface area (Å²) in [6, 6.07) is 10.6. The summed E-state index contributed by atoms with van der Waals surface area (Å²) in [7, 11) is 0. The van der Waals surface area contributed by atoms with E-state index in [1.165, 1.54) is 0 Å². The van der Waals surface area contributed by atoms with Gasteiger partial charge in [0.1, 0.15) is 17.4 Å². The van der Waals surface area contributed by atoms with Gasteiger partial charge in [-0.3, -0.25) is 4.79 Å². The summed E-state index contributed by atoms with van der Waals surface area (Å²) in [6.45, 7) is 5.57. The first-order chi connectivity index (χ1) is 13.3. The van der Waals surface area contributed by atoms with E-state index in [1.807, 2.05) is 30.5 Å². The standard InChI is InChI=1S/C21H25N3O4/c1-21(2,3)28-20(26)24-18(19(25)23-13-15-7-6-10-27-15)11-14-12-22-17-9-5-4-8-16(14)17/h4-10,12,18,22H,11,13H2,1-3H3,(H,23,25)(H,24,26)/t18-/m1/s1. The number of carbonyl (C=O) groups excluding carboxylic acids is 2. The predicted molar refractivity (Wildman–Crippen MR) is 106 cm³/mol. The fraction of sp³-hybridized carbons (Fsp3) is 0.333. The smallest absolute Gasteiger partial charge is 0.408 e. The lowest BCUT2D eigenvalue weighted by Crippen LogP contribution is -2.49. The molecule has 0 radical (unpaired) electrons. The Bertz CT molecular complexity index is 938. The number of rotatable bonds is 6. The van der Waals surface area contributed by atoms with E-state index < -0.39 is 17.7 Å². The number of aromatic amines is 1. The van der Waals surface area contributed by atoms with Crippen molar-refractivity contribution in [2.45, 2.75) is 45.4 Å². The topological polar surface area (TPSA) is 96.4 Å². The summed E-state index contributed by atoms with van der Waals surface area (Å²) in [6.07, 6.45) is 3.09. The minimum atomic E-state index is -0.788. The first kappa shape index (κ1) is 19.5. The van der Waals surface area contributed by atoms with Gasteiger partial charge in [-0.1, -0.05) is 18.2 Å². The molecular formula is C21H25N3O4. The monoisotopic (exact) mass is 383 g/mol. The van der Waals surface area contributed by atoms with E-state index in [-0.39, 0.29) is 12.5 Å². The van der Waals surface area contributed by atoms with Gasteiger partial charge in [-0.15, -0.1) is 0 Å². The van der Waals surface area contributed by atoms with Crippen LogP contribution in [0.3, 0.4) is 0 Å². The van der Waals surface area contributed by atoms with Gasteiger partial charge in [-0.25, -0.2) is 4.79 Å². The number of ether oxygens (including phenoxy) is 1. The van der Waals surface area contributed by atoms with Crippen molar-refractivity contribution in [1.82, 2.24) is 15.6 Å². The van der Waals surface area contributed by atoms with Gasteiger partial charge in [0, 0.05) is 23.5 Å². The molecule has 0 aliphatic carbocycles. The number of H-pyrrole nitrogens is 1. The Hall–Kier alpha value is -3.22. The molecule has 0 saturated heterocycles. The number of fused-ring (bicyclic) bond motifs is 1. The first-order valence-electron chi connectivity index (χ1n) is 9.16. The Balaban J connectivity index is 1.74. The summed E-state index contributed by atoms with van der Waals surface area (Å²) in [5.74, 6) is 0.323. The molecule has 2 heterocycles. The Morgan fingerprint density at radius 2 is 1.96 bits per heavy atom. The lowest BCUT2D eigenvalue weighted by atomic mass is 10.0. The molecule has 0 spiro atoms. The van der Waals surface area contributed by atoms with E-state index in [0.29, 0.717) is 12.2 Å². The van der Waals surface area contributed by atoms with Gasteiger partial charge in [0.05, 0.1) is 12.8 Å². The van der Waals surface area contributed by atoms with Crippen molar-refractivity contribution in [3.05, 3.63) is 60.2 Å². The van der Waals surface area contributed by atoms with Gasteiger partial charge in [-0.2, -0.15) is 0 Å². The summed E-state index contributed by atoms with van der Waals surface area (Å²) >= 11 is 0. The predicted octanol–water partition coefficient (Wildman–Crippen LogP) is 3.51. The number of benzene rings is 1. The summed E-state index contributed by atoms with van der Waals surface area (Å²) in [5, 5.41) is 6.50. The zero-order valence-electron chi connectivity index (χ0n) is 16.2. The molecule has 0 bridgehead atoms. The SMILES string of the molecule is CC(C)(C)OC(=O)N[C@H](Cc1c[nH]c2ccccc12)C(=O)NCc1ccco1. The number of hydrogen-bond acceptors (Lipinski definition) is 4. The van der Waals surface area contributed by atoms with Crippen LogP contribution in [0.1, 0.15) is 32.1 Å². The molecule has 3 aromatic rings. The zero-order valence-corrected chi connectivity index (χ0v) is 16.2. The van der Waals surface area contributed by atoms with Crippen molar-refractivity contribution in [2.75, 3.05) is 0 Å². The van der Waals surface area contributed by atoms with E-state index in [4.69, 9.17) is 9.15 Å². The molecule has 28 heavy (non-hydrogen) atoms. The van der Waals surface area contributed by atoms with Crippen LogP contribution in [0.4, 0.5) is 4.79 Å². The lowest BCUT2D eigenvalue weighted by molar-refractivity contribution is -0.123. The van der Waals surface area contributed by atoms with E-state index in [2.05, 4.69) is 15.6 Å². The fourth-order valence-electron chi connectivity index (χ4n) is 2.89. The average molecular weight is 383 g/mol. The van der Waals surface area contributed by atoms with E-state index >= 15 is 0 Å². The average Bonchev–Trinajstić information content (AvgIpc) is 3.27. The quantitative estimate of drug-likeness (QED) is 0.607. The molecule has 0 fully saturated rings. The molecular weight excluding hydrogens is 358 g/mol. The molecule has 0 unspecified atom stereocenters. The van der Waals surface area contributed by atoms with Crippen molar-refractivity contribution in [3.8, 4) is 0 Å². The van der Waals surface area contributed by atoms with E-state index in [9.17, 15) is 9.59 Å². The highest BCUT2D eigenvalue weighted by atomic mass is 16.6. The van der Waals surface area contributed by atoms with Gasteiger partial charge in [0.15, 0.2) is 0 Å². The molecule has 7 heteroatoms. The zero-order chi connectivity index (χ0) is 20.1. The van der Waals surface area contributed by atoms with E-state index in [1.54, 1.807) is 39.2 Å². The number of amides is 2. The number of aromatic nitrogens is 1. The van der Waals surface area contributed by atoms with Crippen LogP contribution in [-0.4, -0.2) is 28.6 Å². The second kappa shape index (κ2) is 8.21. The summed E-state index contributed by atoms with van der Waals surface area (Å²) < 4.78 is 10.6. The minimum Gasteiger partial charge on any atom is -0.467 e. The maximum absolute atomic E-state index is 12.8. The van der Waals surface area contributed by atoms with Crippen LogP contribution >= 0.6 is 0 Å². The van der Waals surface area contributed by atoms with Gasteiger partial charge in [-0.05, 0) is 44.5 Å². The molecule has 0 saturated carbocycles. The molecule has 2 aromatic heterocycles. The van der Waals surface area contributed by atoms with Crippen molar-refractivity contribution in [2.24, 2.45) is 0 Å². The van der Waals surface area contributed by atoms with Gasteiger partial charge in [0.2, 0.25) is 5.91 Å². The molecule has 3 rings (SSSR count). The normalized spacial score (nSPS) is 12.5. The number of carbonyl (C=O) groups is 2. The molecule has 1 atom stereocenters. The first-order valence-corrected chi connectivity index (χ1v) is 9.16. The molecule has 0 aliphatic rings. The summed E-state index contributed by atoms with van der Waals surface area (Å²) in [5.41, 5.74) is 1.26. The van der Waals surface area contributed by atoms with Crippen molar-refractivity contribution in [3.63, 3.8) is 0 Å². The third-order valence-electron chi connectivity index (χ3n) is 4.12.